The number of nitrogens with two attached hydrogens (primary N) is 1. The third kappa shape index (κ3) is 3.74. The summed E-state index contributed by atoms with van der Waals surface area (Å²) in [6, 6.07) is 11.4. The molecular formula is C17H19N3O. The third-order valence-electron chi connectivity index (χ3n) is 3.27. The molecule has 4 nitrogen and oxygen atoms in total. The Bertz CT molecular complexity index is 674. The lowest BCUT2D eigenvalue weighted by molar-refractivity contribution is 0.0931. The lowest BCUT2D eigenvalue weighted by Crippen LogP contribution is -2.28. The average Bonchev–Trinajstić information content (AvgIpc) is 2.91. The van der Waals surface area contributed by atoms with Crippen molar-refractivity contribution in [3.05, 3.63) is 59.4 Å². The summed E-state index contributed by atoms with van der Waals surface area (Å²) in [6.45, 7) is 2.31. The van der Waals surface area contributed by atoms with Gasteiger partial charge < -0.3 is 15.6 Å². The van der Waals surface area contributed by atoms with E-state index in [0.717, 1.165) is 11.1 Å². The molecule has 1 aromatic carbocycles. The van der Waals surface area contributed by atoms with Crippen LogP contribution in [0.3, 0.4) is 0 Å². The second-order valence-electron chi connectivity index (χ2n) is 4.83. The molecule has 0 saturated carbocycles. The summed E-state index contributed by atoms with van der Waals surface area (Å²) in [5.41, 5.74) is 7.95. The van der Waals surface area contributed by atoms with E-state index in [1.54, 1.807) is 10.6 Å². The zero-order valence-electron chi connectivity index (χ0n) is 12.3. The number of carbonyl (C=O) groups is 1. The van der Waals surface area contributed by atoms with Crippen LogP contribution in [-0.4, -0.2) is 17.0 Å². The van der Waals surface area contributed by atoms with Gasteiger partial charge in [-0.25, -0.2) is 0 Å². The Morgan fingerprint density at radius 2 is 2.05 bits per heavy atom. The van der Waals surface area contributed by atoms with E-state index in [4.69, 9.17) is 5.73 Å². The van der Waals surface area contributed by atoms with Crippen molar-refractivity contribution in [1.29, 1.82) is 0 Å². The maximum absolute atomic E-state index is 12.2. The number of nitrogens with zero attached hydrogens (tertiary/aromatic N) is 1. The number of aryl methyl sites for hydroxylation is 1. The highest BCUT2D eigenvalue weighted by molar-refractivity contribution is 5.92. The first-order valence-corrected chi connectivity index (χ1v) is 6.83. The summed E-state index contributed by atoms with van der Waals surface area (Å²) >= 11 is 0. The van der Waals surface area contributed by atoms with E-state index >= 15 is 0 Å². The Hall–Kier alpha value is -2.51. The van der Waals surface area contributed by atoms with Gasteiger partial charge in [0.2, 0.25) is 0 Å². The highest BCUT2D eigenvalue weighted by Crippen LogP contribution is 2.14. The molecule has 4 heteroatoms. The van der Waals surface area contributed by atoms with Gasteiger partial charge in [0, 0.05) is 18.8 Å². The van der Waals surface area contributed by atoms with Crippen molar-refractivity contribution in [2.24, 2.45) is 12.8 Å². The molecule has 2 aromatic rings. The fourth-order valence-corrected chi connectivity index (χ4v) is 2.06. The predicted octanol–water partition coefficient (Wildman–Crippen LogP) is 1.83. The molecule has 1 aromatic heterocycles. The molecule has 0 fully saturated rings. The highest BCUT2D eigenvalue weighted by Gasteiger charge is 2.13. The third-order valence-corrected chi connectivity index (χ3v) is 3.27. The quantitative estimate of drug-likeness (QED) is 0.843. The summed E-state index contributed by atoms with van der Waals surface area (Å²) in [7, 11) is 1.85. The van der Waals surface area contributed by atoms with Gasteiger partial charge in [-0.15, -0.1) is 0 Å². The smallest absolute Gasteiger partial charge is 0.268 e. The van der Waals surface area contributed by atoms with Crippen molar-refractivity contribution >= 4 is 5.91 Å². The van der Waals surface area contributed by atoms with E-state index in [1.165, 1.54) is 0 Å². The second kappa shape index (κ2) is 6.78. The first-order valence-electron chi connectivity index (χ1n) is 6.83. The summed E-state index contributed by atoms with van der Waals surface area (Å²) in [4.78, 5) is 12.2. The molecule has 0 aliphatic carbocycles. The van der Waals surface area contributed by atoms with Crippen LogP contribution in [0, 0.1) is 11.8 Å². The van der Waals surface area contributed by atoms with Gasteiger partial charge in [-0.2, -0.15) is 0 Å². The molecule has 3 N–H and O–H groups in total. The predicted molar refractivity (Wildman–Crippen MR) is 83.7 cm³/mol. The molecule has 0 saturated heterocycles. The maximum atomic E-state index is 12.2. The fraction of sp³-hybridized carbons (Fsp3) is 0.235. The minimum Gasteiger partial charge on any atom is -0.347 e. The summed E-state index contributed by atoms with van der Waals surface area (Å²) in [6.07, 6.45) is 1.85. The fourth-order valence-electron chi connectivity index (χ4n) is 2.06. The van der Waals surface area contributed by atoms with E-state index in [-0.39, 0.29) is 11.9 Å². The van der Waals surface area contributed by atoms with Crippen LogP contribution in [-0.2, 0) is 7.05 Å². The molecule has 0 spiro atoms. The van der Waals surface area contributed by atoms with Crippen molar-refractivity contribution in [3.63, 3.8) is 0 Å². The van der Waals surface area contributed by atoms with Gasteiger partial charge in [0.05, 0.1) is 12.6 Å². The molecule has 1 atom stereocenters. The molecule has 2 rings (SSSR count). The number of benzene rings is 1. The number of carbonyl (C=O) groups excluding carboxylic acids is 1. The van der Waals surface area contributed by atoms with Crippen molar-refractivity contribution in [3.8, 4) is 11.8 Å². The number of rotatable bonds is 3. The molecule has 0 aliphatic rings. The minimum atomic E-state index is -0.0815. The normalized spacial score (nSPS) is 11.4. The van der Waals surface area contributed by atoms with Crippen LogP contribution in [0.5, 0.6) is 0 Å². The Kier molecular flexibility index (Phi) is 4.81. The molecule has 0 bridgehead atoms. The van der Waals surface area contributed by atoms with Crippen LogP contribution < -0.4 is 11.1 Å². The Morgan fingerprint density at radius 3 is 2.62 bits per heavy atom. The van der Waals surface area contributed by atoms with E-state index in [0.29, 0.717) is 12.2 Å². The molecule has 0 radical (unpaired) electrons. The minimum absolute atomic E-state index is 0.0658. The Labute approximate surface area is 125 Å². The summed E-state index contributed by atoms with van der Waals surface area (Å²) in [5, 5.41) is 2.99. The van der Waals surface area contributed by atoms with Gasteiger partial charge in [0.25, 0.3) is 5.91 Å². The van der Waals surface area contributed by atoms with E-state index in [9.17, 15) is 4.79 Å². The number of amides is 1. The van der Waals surface area contributed by atoms with E-state index in [2.05, 4.69) is 17.2 Å². The lowest BCUT2D eigenvalue weighted by Gasteiger charge is -2.14. The van der Waals surface area contributed by atoms with Gasteiger partial charge in [-0.05, 0) is 36.8 Å². The highest BCUT2D eigenvalue weighted by atomic mass is 16.2. The Balaban J connectivity index is 2.05. The molecule has 1 heterocycles. The standard InChI is InChI=1S/C17H19N3O/c1-13(19-17(21)16-6-4-12-20(16)2)15-9-7-14(8-10-15)5-3-11-18/h4,6-10,12-13H,11,18H2,1-2H3,(H,19,21). The zero-order chi connectivity index (χ0) is 15.2. The number of nitrogens with one attached hydrogen (secondary N) is 1. The monoisotopic (exact) mass is 281 g/mol. The molecular weight excluding hydrogens is 262 g/mol. The Morgan fingerprint density at radius 1 is 1.33 bits per heavy atom. The van der Waals surface area contributed by atoms with Gasteiger partial charge in [-0.1, -0.05) is 24.0 Å². The zero-order valence-corrected chi connectivity index (χ0v) is 12.3. The van der Waals surface area contributed by atoms with Crippen LogP contribution in [0.2, 0.25) is 0 Å². The SMILES string of the molecule is CC(NC(=O)c1cccn1C)c1ccc(C#CCN)cc1. The molecule has 0 aliphatic heterocycles. The second-order valence-corrected chi connectivity index (χ2v) is 4.83. The van der Waals surface area contributed by atoms with Crippen LogP contribution in [0.4, 0.5) is 0 Å². The van der Waals surface area contributed by atoms with E-state index in [1.807, 2.05) is 50.5 Å². The van der Waals surface area contributed by atoms with E-state index < -0.39 is 0 Å². The van der Waals surface area contributed by atoms with Crippen LogP contribution in [0.15, 0.2) is 42.6 Å². The number of aromatic nitrogens is 1. The first-order chi connectivity index (χ1) is 10.1. The van der Waals surface area contributed by atoms with Crippen LogP contribution in [0.1, 0.15) is 34.6 Å². The van der Waals surface area contributed by atoms with Crippen molar-refractivity contribution in [1.82, 2.24) is 9.88 Å². The lowest BCUT2D eigenvalue weighted by atomic mass is 10.1. The first kappa shape index (κ1) is 14.9. The average molecular weight is 281 g/mol. The summed E-state index contributed by atoms with van der Waals surface area (Å²) < 4.78 is 1.80. The van der Waals surface area contributed by atoms with Gasteiger partial charge >= 0.3 is 0 Å². The summed E-state index contributed by atoms with van der Waals surface area (Å²) in [5.74, 6) is 5.71. The largest absolute Gasteiger partial charge is 0.347 e. The van der Waals surface area contributed by atoms with Crippen LogP contribution >= 0.6 is 0 Å². The van der Waals surface area contributed by atoms with Gasteiger partial charge in [0.1, 0.15) is 5.69 Å². The molecule has 108 valence electrons. The van der Waals surface area contributed by atoms with Gasteiger partial charge in [-0.3, -0.25) is 4.79 Å². The van der Waals surface area contributed by atoms with Crippen LogP contribution in [0.25, 0.3) is 0 Å². The van der Waals surface area contributed by atoms with Crippen molar-refractivity contribution in [2.45, 2.75) is 13.0 Å². The van der Waals surface area contributed by atoms with Gasteiger partial charge in [0.15, 0.2) is 0 Å². The number of hydrogen-bond acceptors (Lipinski definition) is 2. The van der Waals surface area contributed by atoms with Crippen molar-refractivity contribution < 1.29 is 4.79 Å². The molecule has 21 heavy (non-hydrogen) atoms. The molecule has 1 unspecified atom stereocenters. The van der Waals surface area contributed by atoms with Crippen molar-refractivity contribution in [2.75, 3.05) is 6.54 Å². The molecule has 1 amide bonds. The number of hydrogen-bond donors (Lipinski definition) is 2. The maximum Gasteiger partial charge on any atom is 0.268 e. The topological polar surface area (TPSA) is 60.0 Å².